The van der Waals surface area contributed by atoms with Crippen molar-refractivity contribution in [2.24, 2.45) is 5.73 Å². The predicted octanol–water partition coefficient (Wildman–Crippen LogP) is 4.55. The number of hydrogen-bond donors (Lipinski definition) is 2. The highest BCUT2D eigenvalue weighted by Crippen LogP contribution is 2.33. The summed E-state index contributed by atoms with van der Waals surface area (Å²) in [6.07, 6.45) is 4.30. The van der Waals surface area contributed by atoms with E-state index < -0.39 is 11.6 Å². The van der Waals surface area contributed by atoms with Crippen molar-refractivity contribution in [1.29, 1.82) is 0 Å². The molecule has 4 nitrogen and oxygen atoms in total. The van der Waals surface area contributed by atoms with E-state index in [2.05, 4.69) is 17.6 Å². The fourth-order valence-corrected chi connectivity index (χ4v) is 3.17. The Labute approximate surface area is 153 Å². The zero-order valence-corrected chi connectivity index (χ0v) is 16.1. The van der Waals surface area contributed by atoms with Crippen LogP contribution in [0.15, 0.2) is 18.3 Å². The molecule has 7 heteroatoms. The summed E-state index contributed by atoms with van der Waals surface area (Å²) in [6.45, 7) is 6.43. The summed E-state index contributed by atoms with van der Waals surface area (Å²) < 4.78 is 35.2. The lowest BCUT2D eigenvalue weighted by molar-refractivity contribution is 0.210. The summed E-state index contributed by atoms with van der Waals surface area (Å²) in [7, 11) is 1.50. The van der Waals surface area contributed by atoms with Gasteiger partial charge in [0, 0.05) is 29.9 Å². The Hall–Kier alpha value is -1.73. The fraction of sp³-hybridized carbons (Fsp3) is 0.500. The topological polar surface area (TPSA) is 56.0 Å². The second-order valence-corrected chi connectivity index (χ2v) is 5.64. The number of nitrogens with two attached hydrogens (primary N) is 1. The first-order valence-corrected chi connectivity index (χ1v) is 8.98. The standard InChI is InChI=1S/C15H16F2N2OS.C2H6.CH5N/c1-2-3-11-7-18-15(21)19(11)12-5-9-4-10(16)6-13(17)14(9)20-8-12;2*1-2/h4,6-7,12H,2-3,5,8H2,1H3,(H,18,21);1-2H3;2H2,1H3. The first-order valence-electron chi connectivity index (χ1n) is 8.57. The normalized spacial score (nSPS) is 15.1. The molecule has 2 heterocycles. The molecular weight excluding hydrogens is 344 g/mol. The van der Waals surface area contributed by atoms with E-state index in [0.717, 1.165) is 24.6 Å². The van der Waals surface area contributed by atoms with Gasteiger partial charge in [-0.25, -0.2) is 8.78 Å². The van der Waals surface area contributed by atoms with Crippen molar-refractivity contribution in [1.82, 2.24) is 9.55 Å². The SMILES string of the molecule is CC.CCCc1c[nH]c(=S)n1C1COc2c(F)cc(F)cc2C1.CN. The van der Waals surface area contributed by atoms with Crippen LogP contribution in [0.25, 0.3) is 0 Å². The molecule has 1 atom stereocenters. The van der Waals surface area contributed by atoms with Crippen LogP contribution in [0.2, 0.25) is 0 Å². The highest BCUT2D eigenvalue weighted by Gasteiger charge is 2.26. The number of rotatable bonds is 3. The van der Waals surface area contributed by atoms with Crippen LogP contribution in [-0.4, -0.2) is 23.2 Å². The second kappa shape index (κ2) is 10.3. The summed E-state index contributed by atoms with van der Waals surface area (Å²) in [5.41, 5.74) is 6.14. The van der Waals surface area contributed by atoms with E-state index in [1.807, 2.05) is 24.6 Å². The maximum Gasteiger partial charge on any atom is 0.177 e. The lowest BCUT2D eigenvalue weighted by Gasteiger charge is -2.28. The molecule has 2 aromatic rings. The number of nitrogens with one attached hydrogen (secondary N) is 1. The van der Waals surface area contributed by atoms with Crippen LogP contribution >= 0.6 is 12.2 Å². The van der Waals surface area contributed by atoms with Crippen molar-refractivity contribution in [2.45, 2.75) is 46.1 Å². The Balaban J connectivity index is 0.000000730. The summed E-state index contributed by atoms with van der Waals surface area (Å²) in [5.74, 6) is -1.07. The first-order chi connectivity index (χ1) is 12.1. The van der Waals surface area contributed by atoms with Crippen LogP contribution in [-0.2, 0) is 12.8 Å². The van der Waals surface area contributed by atoms with Gasteiger partial charge >= 0.3 is 0 Å². The smallest absolute Gasteiger partial charge is 0.177 e. The Kier molecular flexibility index (Phi) is 8.78. The van der Waals surface area contributed by atoms with Gasteiger partial charge in [-0.05, 0) is 31.8 Å². The molecule has 1 aliphatic heterocycles. The van der Waals surface area contributed by atoms with Crippen molar-refractivity contribution < 1.29 is 13.5 Å². The fourth-order valence-electron chi connectivity index (χ4n) is 2.85. The van der Waals surface area contributed by atoms with Gasteiger partial charge in [-0.15, -0.1) is 0 Å². The Morgan fingerprint density at radius 2 is 2.00 bits per heavy atom. The molecule has 0 saturated heterocycles. The van der Waals surface area contributed by atoms with E-state index in [9.17, 15) is 8.78 Å². The molecular formula is C18H27F2N3OS. The molecule has 0 aliphatic carbocycles. The van der Waals surface area contributed by atoms with Gasteiger partial charge in [0.05, 0.1) is 6.04 Å². The predicted molar refractivity (Wildman–Crippen MR) is 99.7 cm³/mol. The lowest BCUT2D eigenvalue weighted by Crippen LogP contribution is -2.26. The van der Waals surface area contributed by atoms with Crippen molar-refractivity contribution in [3.63, 3.8) is 0 Å². The molecule has 140 valence electrons. The molecule has 0 radical (unpaired) electrons. The van der Waals surface area contributed by atoms with Crippen LogP contribution in [0.4, 0.5) is 8.78 Å². The molecule has 25 heavy (non-hydrogen) atoms. The number of aromatic nitrogens is 2. The molecule has 1 aromatic carbocycles. The molecule has 0 bridgehead atoms. The number of halogens is 2. The van der Waals surface area contributed by atoms with E-state index in [-0.39, 0.29) is 11.8 Å². The molecule has 3 N–H and O–H groups in total. The van der Waals surface area contributed by atoms with Gasteiger partial charge in [-0.1, -0.05) is 27.2 Å². The van der Waals surface area contributed by atoms with E-state index in [0.29, 0.717) is 23.4 Å². The molecule has 3 rings (SSSR count). The Morgan fingerprint density at radius 1 is 1.32 bits per heavy atom. The van der Waals surface area contributed by atoms with Gasteiger partial charge in [0.2, 0.25) is 0 Å². The highest BCUT2D eigenvalue weighted by molar-refractivity contribution is 7.71. The third-order valence-corrected chi connectivity index (χ3v) is 4.04. The summed E-state index contributed by atoms with van der Waals surface area (Å²) >= 11 is 5.32. The number of fused-ring (bicyclic) bond motifs is 1. The number of imidazole rings is 1. The molecule has 1 aromatic heterocycles. The largest absolute Gasteiger partial charge is 0.488 e. The second-order valence-electron chi connectivity index (χ2n) is 5.25. The van der Waals surface area contributed by atoms with Crippen molar-refractivity contribution in [2.75, 3.05) is 13.7 Å². The number of aromatic amines is 1. The van der Waals surface area contributed by atoms with Crippen LogP contribution in [0.5, 0.6) is 5.75 Å². The van der Waals surface area contributed by atoms with E-state index in [1.165, 1.54) is 13.1 Å². The summed E-state index contributed by atoms with van der Waals surface area (Å²) in [6, 6.07) is 2.14. The average molecular weight is 371 g/mol. The lowest BCUT2D eigenvalue weighted by atomic mass is 10.0. The summed E-state index contributed by atoms with van der Waals surface area (Å²) in [5, 5.41) is 0. The van der Waals surface area contributed by atoms with Crippen molar-refractivity contribution >= 4 is 12.2 Å². The van der Waals surface area contributed by atoms with Gasteiger partial charge in [-0.2, -0.15) is 0 Å². The minimum Gasteiger partial charge on any atom is -0.488 e. The molecule has 1 aliphatic rings. The quantitative estimate of drug-likeness (QED) is 0.778. The number of aryl methyl sites for hydroxylation is 1. The molecule has 0 amide bonds. The number of ether oxygens (including phenoxy) is 1. The summed E-state index contributed by atoms with van der Waals surface area (Å²) in [4.78, 5) is 3.04. The number of benzene rings is 1. The van der Waals surface area contributed by atoms with E-state index in [1.54, 1.807) is 0 Å². The molecule has 1 unspecified atom stereocenters. The zero-order valence-electron chi connectivity index (χ0n) is 15.2. The Morgan fingerprint density at radius 3 is 2.64 bits per heavy atom. The zero-order chi connectivity index (χ0) is 19.0. The van der Waals surface area contributed by atoms with Gasteiger partial charge in [0.15, 0.2) is 16.3 Å². The van der Waals surface area contributed by atoms with Crippen LogP contribution < -0.4 is 10.5 Å². The minimum absolute atomic E-state index is 0.0426. The maximum absolute atomic E-state index is 13.7. The first kappa shape index (κ1) is 21.3. The van der Waals surface area contributed by atoms with Crippen molar-refractivity contribution in [3.8, 4) is 5.75 Å². The number of H-pyrrole nitrogens is 1. The van der Waals surface area contributed by atoms with Gasteiger partial charge in [0.1, 0.15) is 12.4 Å². The van der Waals surface area contributed by atoms with Gasteiger partial charge < -0.3 is 20.0 Å². The van der Waals surface area contributed by atoms with Crippen LogP contribution in [0.1, 0.15) is 44.5 Å². The minimum atomic E-state index is -0.644. The highest BCUT2D eigenvalue weighted by atomic mass is 32.1. The van der Waals surface area contributed by atoms with Gasteiger partial charge in [-0.3, -0.25) is 0 Å². The van der Waals surface area contributed by atoms with E-state index >= 15 is 0 Å². The third-order valence-electron chi connectivity index (χ3n) is 3.72. The Bertz CT molecular complexity index is 728. The van der Waals surface area contributed by atoms with E-state index in [4.69, 9.17) is 17.0 Å². The van der Waals surface area contributed by atoms with Crippen LogP contribution in [0.3, 0.4) is 0 Å². The molecule has 0 spiro atoms. The average Bonchev–Trinajstić information content (AvgIpc) is 2.98. The maximum atomic E-state index is 13.7. The third kappa shape index (κ3) is 4.89. The molecule has 0 fully saturated rings. The number of hydrogen-bond acceptors (Lipinski definition) is 3. The monoisotopic (exact) mass is 371 g/mol. The van der Waals surface area contributed by atoms with Crippen LogP contribution in [0, 0.1) is 16.4 Å². The van der Waals surface area contributed by atoms with Gasteiger partial charge in [0.25, 0.3) is 0 Å². The van der Waals surface area contributed by atoms with Crippen molar-refractivity contribution in [3.05, 3.63) is 46.0 Å². The number of nitrogens with zero attached hydrogens (tertiary/aromatic N) is 1. The molecule has 0 saturated carbocycles.